The molecule has 4 heteroatoms. The number of hydrogen-bond acceptors (Lipinski definition) is 4. The number of para-hydroxylation sites is 4. The van der Waals surface area contributed by atoms with E-state index in [4.69, 9.17) is 0 Å². The van der Waals surface area contributed by atoms with Crippen LogP contribution in [0.5, 0.6) is 0 Å². The van der Waals surface area contributed by atoms with Gasteiger partial charge in [0.05, 0.1) is 0 Å². The van der Waals surface area contributed by atoms with Gasteiger partial charge in [-0.3, -0.25) is 0 Å². The van der Waals surface area contributed by atoms with Crippen LogP contribution in [0.1, 0.15) is 86.5 Å². The molecule has 14 aromatic rings. The fourth-order valence-corrected chi connectivity index (χ4v) is 17.5. The van der Waals surface area contributed by atoms with Gasteiger partial charge in [0.2, 0.25) is 0 Å². The molecular formula is C94H76N4. The predicted molar refractivity (Wildman–Crippen MR) is 412 cm³/mol. The number of rotatable bonds is 14. The fourth-order valence-electron chi connectivity index (χ4n) is 17.5. The molecule has 0 bridgehead atoms. The highest BCUT2D eigenvalue weighted by Crippen LogP contribution is 2.59. The summed E-state index contributed by atoms with van der Waals surface area (Å²) in [5, 5.41) is 2.45. The summed E-state index contributed by atoms with van der Waals surface area (Å²) in [4.78, 5) is 9.64. The van der Waals surface area contributed by atoms with Crippen LogP contribution in [0.3, 0.4) is 0 Å². The zero-order chi connectivity index (χ0) is 65.0. The maximum atomic E-state index is 2.54. The van der Waals surface area contributed by atoms with Crippen molar-refractivity contribution in [1.82, 2.24) is 0 Å². The van der Waals surface area contributed by atoms with Crippen LogP contribution in [0, 0.1) is 0 Å². The molecule has 0 aliphatic heterocycles. The van der Waals surface area contributed by atoms with E-state index in [2.05, 4.69) is 359 Å². The van der Waals surface area contributed by atoms with E-state index in [1.165, 1.54) is 153 Å². The van der Waals surface area contributed by atoms with Gasteiger partial charge in [-0.1, -0.05) is 233 Å². The van der Waals surface area contributed by atoms with Gasteiger partial charge in [0.25, 0.3) is 0 Å². The number of anilines is 12. The Morgan fingerprint density at radius 1 is 0.173 bits per heavy atom. The maximum absolute atomic E-state index is 2.54. The first kappa shape index (κ1) is 59.1. The van der Waals surface area contributed by atoms with Gasteiger partial charge >= 0.3 is 0 Å². The Kier molecular flexibility index (Phi) is 15.0. The molecule has 2 fully saturated rings. The van der Waals surface area contributed by atoms with Crippen molar-refractivity contribution in [3.8, 4) is 44.5 Å². The van der Waals surface area contributed by atoms with Crippen LogP contribution in [-0.2, 0) is 10.8 Å². The highest BCUT2D eigenvalue weighted by atomic mass is 15.2. The summed E-state index contributed by atoms with van der Waals surface area (Å²) in [6, 6.07) is 127. The summed E-state index contributed by atoms with van der Waals surface area (Å²) in [5.74, 6) is 0. The molecule has 0 aromatic heterocycles. The largest absolute Gasteiger partial charge is 0.311 e. The molecule has 18 rings (SSSR count). The standard InChI is InChI=1S/C94H76N4/c1-7-25-69(26-8-1)95(70-27-9-2-10-28-70)75-47-51-77(52-48-75)97(79-55-57-87-85-35-17-19-37-89(85)93(91(87)65-79)61-21-5-22-62-93)73-43-39-67(40-44-73)81-59-60-82(84-34-16-15-33-83(81)84)68-41-45-74(46-42-68)98(78-53-49-76(50-54-78)96(71-29-11-3-12-30-71)72-31-13-4-14-32-72)80-56-58-88-86-36-18-20-38-90(86)94(92(88)66-80)63-23-6-24-64-94/h1-4,7-20,25-60,65-66H,5-6,21-24,61-64H2. The Labute approximate surface area is 576 Å². The van der Waals surface area contributed by atoms with E-state index in [1.54, 1.807) is 0 Å². The number of nitrogens with zero attached hydrogens (tertiary/aromatic N) is 4. The monoisotopic (exact) mass is 1260 g/mol. The van der Waals surface area contributed by atoms with Crippen LogP contribution in [0.15, 0.2) is 340 Å². The van der Waals surface area contributed by atoms with Crippen molar-refractivity contribution in [1.29, 1.82) is 0 Å². The molecule has 98 heavy (non-hydrogen) atoms. The predicted octanol–water partition coefficient (Wildman–Crippen LogP) is 26.5. The van der Waals surface area contributed by atoms with Crippen LogP contribution in [0.25, 0.3) is 55.3 Å². The average Bonchev–Trinajstić information content (AvgIpc) is 1.57. The first-order chi connectivity index (χ1) is 48.6. The van der Waals surface area contributed by atoms with Crippen LogP contribution < -0.4 is 19.6 Å². The van der Waals surface area contributed by atoms with Gasteiger partial charge < -0.3 is 19.6 Å². The molecule has 472 valence electrons. The summed E-state index contributed by atoms with van der Waals surface area (Å²) in [6.07, 6.45) is 12.3. The van der Waals surface area contributed by atoms with Gasteiger partial charge in [0.1, 0.15) is 0 Å². The van der Waals surface area contributed by atoms with E-state index in [0.29, 0.717) is 0 Å². The lowest BCUT2D eigenvalue weighted by atomic mass is 9.68. The molecule has 4 nitrogen and oxygen atoms in total. The Hall–Kier alpha value is -11.5. The SMILES string of the molecule is c1ccc(N(c2ccccc2)c2ccc(N(c3ccc(-c4ccc(-c5ccc(N(c6ccc(N(c7ccccc7)c7ccccc7)cc6)c6ccc7c(c6)C6(CCCCC6)c6ccccc6-7)cc5)c5ccccc45)cc3)c3ccc4c(c3)C3(CCCCC3)c3ccccc3-4)cc2)cc1. The second-order valence-electron chi connectivity index (χ2n) is 27.4. The fraction of sp³-hybridized carbons (Fsp3) is 0.128. The molecule has 14 aromatic carbocycles. The van der Waals surface area contributed by atoms with Crippen molar-refractivity contribution < 1.29 is 0 Å². The molecular weight excluding hydrogens is 1190 g/mol. The Bertz CT molecular complexity index is 4780. The number of fused-ring (bicyclic) bond motifs is 11. The zero-order valence-corrected chi connectivity index (χ0v) is 55.2. The molecule has 2 spiro atoms. The zero-order valence-electron chi connectivity index (χ0n) is 55.2. The molecule has 2 saturated carbocycles. The minimum absolute atomic E-state index is 0.0262. The van der Waals surface area contributed by atoms with Crippen molar-refractivity contribution >= 4 is 79.0 Å². The lowest BCUT2D eigenvalue weighted by molar-refractivity contribution is 0.353. The van der Waals surface area contributed by atoms with Gasteiger partial charge in [0, 0.05) is 79.1 Å². The molecule has 0 heterocycles. The number of benzene rings is 14. The lowest BCUT2D eigenvalue weighted by Gasteiger charge is -2.36. The molecule has 4 aliphatic rings. The summed E-state index contributed by atoms with van der Waals surface area (Å²) in [6.45, 7) is 0. The first-order valence-electron chi connectivity index (χ1n) is 35.4. The third-order valence-corrected chi connectivity index (χ3v) is 22.0. The third kappa shape index (κ3) is 10.2. The third-order valence-electron chi connectivity index (χ3n) is 22.0. The highest BCUT2D eigenvalue weighted by molar-refractivity contribution is 6.05. The first-order valence-corrected chi connectivity index (χ1v) is 35.4. The van der Waals surface area contributed by atoms with Gasteiger partial charge in [-0.2, -0.15) is 0 Å². The molecule has 0 saturated heterocycles. The van der Waals surface area contributed by atoms with Gasteiger partial charge in [-0.25, -0.2) is 0 Å². The summed E-state index contributed by atoms with van der Waals surface area (Å²) in [7, 11) is 0. The van der Waals surface area contributed by atoms with E-state index in [1.807, 2.05) is 0 Å². The van der Waals surface area contributed by atoms with Crippen molar-refractivity contribution in [2.24, 2.45) is 0 Å². The Morgan fingerprint density at radius 3 is 0.735 bits per heavy atom. The molecule has 0 N–H and O–H groups in total. The highest BCUT2D eigenvalue weighted by Gasteiger charge is 2.45. The van der Waals surface area contributed by atoms with Crippen molar-refractivity contribution in [2.45, 2.75) is 75.0 Å². The van der Waals surface area contributed by atoms with Crippen molar-refractivity contribution in [2.75, 3.05) is 19.6 Å². The van der Waals surface area contributed by atoms with Gasteiger partial charge in [-0.15, -0.1) is 0 Å². The lowest BCUT2D eigenvalue weighted by Crippen LogP contribution is -2.28. The van der Waals surface area contributed by atoms with Crippen molar-refractivity contribution in [3.63, 3.8) is 0 Å². The maximum Gasteiger partial charge on any atom is 0.0465 e. The molecule has 0 atom stereocenters. The molecule has 0 unspecified atom stereocenters. The second-order valence-corrected chi connectivity index (χ2v) is 27.4. The Balaban J connectivity index is 0.703. The van der Waals surface area contributed by atoms with E-state index in [9.17, 15) is 0 Å². The summed E-state index contributed by atoms with van der Waals surface area (Å²) >= 11 is 0. The van der Waals surface area contributed by atoms with Crippen LogP contribution >= 0.6 is 0 Å². The Morgan fingerprint density at radius 2 is 0.408 bits per heavy atom. The number of hydrogen-bond donors (Lipinski definition) is 0. The van der Waals surface area contributed by atoms with E-state index in [-0.39, 0.29) is 10.8 Å². The molecule has 4 aliphatic carbocycles. The normalized spacial score (nSPS) is 14.5. The topological polar surface area (TPSA) is 13.0 Å². The van der Waals surface area contributed by atoms with Crippen LogP contribution in [0.2, 0.25) is 0 Å². The van der Waals surface area contributed by atoms with E-state index >= 15 is 0 Å². The quantitative estimate of drug-likeness (QED) is 0.108. The van der Waals surface area contributed by atoms with Crippen LogP contribution in [-0.4, -0.2) is 0 Å². The van der Waals surface area contributed by atoms with E-state index in [0.717, 1.165) is 56.9 Å². The average molecular weight is 1260 g/mol. The van der Waals surface area contributed by atoms with Crippen LogP contribution in [0.4, 0.5) is 68.2 Å². The smallest absolute Gasteiger partial charge is 0.0465 e. The van der Waals surface area contributed by atoms with Gasteiger partial charge in [0.15, 0.2) is 0 Å². The van der Waals surface area contributed by atoms with E-state index < -0.39 is 0 Å². The molecule has 0 amide bonds. The molecule has 0 radical (unpaired) electrons. The minimum Gasteiger partial charge on any atom is -0.311 e. The summed E-state index contributed by atoms with van der Waals surface area (Å²) in [5.41, 5.74) is 29.9. The minimum atomic E-state index is 0.0262. The van der Waals surface area contributed by atoms with Crippen molar-refractivity contribution in [3.05, 3.63) is 362 Å². The summed E-state index contributed by atoms with van der Waals surface area (Å²) < 4.78 is 0. The second kappa shape index (κ2) is 24.9. The van der Waals surface area contributed by atoms with Gasteiger partial charge in [-0.05, 0) is 249 Å².